The predicted octanol–water partition coefficient (Wildman–Crippen LogP) is 3.91. The standard InChI is InChI=1S/C21H26N2O3S/c1-15-4-8-19(9-5-15)22-21(24)18-6-10-20(11-7-18)27(25,26)23-13-16(2)12-17(3)14-23/h4-11,16-17H,12-14H2,1-3H3,(H,22,24)/t16-,17-/m0/s1. The average molecular weight is 387 g/mol. The molecule has 27 heavy (non-hydrogen) atoms. The maximum absolute atomic E-state index is 12.9. The maximum atomic E-state index is 12.9. The summed E-state index contributed by atoms with van der Waals surface area (Å²) in [5, 5.41) is 2.82. The number of nitrogens with zero attached hydrogens (tertiary/aromatic N) is 1. The Bertz CT molecular complexity index is 895. The molecule has 6 heteroatoms. The molecule has 0 bridgehead atoms. The third-order valence-corrected chi connectivity index (χ3v) is 6.74. The van der Waals surface area contributed by atoms with Gasteiger partial charge < -0.3 is 5.32 Å². The van der Waals surface area contributed by atoms with Crippen LogP contribution in [0.4, 0.5) is 5.69 Å². The van der Waals surface area contributed by atoms with Crippen LogP contribution >= 0.6 is 0 Å². The van der Waals surface area contributed by atoms with Gasteiger partial charge >= 0.3 is 0 Å². The van der Waals surface area contributed by atoms with Crippen molar-refractivity contribution in [1.29, 1.82) is 0 Å². The van der Waals surface area contributed by atoms with Gasteiger partial charge in [-0.1, -0.05) is 31.5 Å². The van der Waals surface area contributed by atoms with E-state index in [1.165, 1.54) is 12.1 Å². The molecule has 1 saturated heterocycles. The lowest BCUT2D eigenvalue weighted by Crippen LogP contribution is -2.42. The second kappa shape index (κ2) is 7.82. The van der Waals surface area contributed by atoms with Crippen LogP contribution in [-0.2, 0) is 10.0 Å². The van der Waals surface area contributed by atoms with Crippen molar-refractivity contribution < 1.29 is 13.2 Å². The molecule has 2 aromatic carbocycles. The topological polar surface area (TPSA) is 66.5 Å². The normalized spacial score (nSPS) is 21.0. The van der Waals surface area contributed by atoms with Crippen molar-refractivity contribution in [2.45, 2.75) is 32.1 Å². The van der Waals surface area contributed by atoms with Crippen molar-refractivity contribution in [2.24, 2.45) is 11.8 Å². The number of amides is 1. The van der Waals surface area contributed by atoms with Gasteiger partial charge in [-0.25, -0.2) is 8.42 Å². The van der Waals surface area contributed by atoms with E-state index in [-0.39, 0.29) is 10.8 Å². The Hall–Kier alpha value is -2.18. The molecule has 144 valence electrons. The lowest BCUT2D eigenvalue weighted by Gasteiger charge is -2.34. The Morgan fingerprint density at radius 2 is 1.52 bits per heavy atom. The van der Waals surface area contributed by atoms with Crippen LogP contribution in [0.5, 0.6) is 0 Å². The average Bonchev–Trinajstić information content (AvgIpc) is 2.63. The van der Waals surface area contributed by atoms with Gasteiger partial charge in [-0.05, 0) is 61.6 Å². The van der Waals surface area contributed by atoms with Crippen LogP contribution in [0.2, 0.25) is 0 Å². The molecule has 1 aliphatic heterocycles. The lowest BCUT2D eigenvalue weighted by molar-refractivity contribution is 0.102. The highest BCUT2D eigenvalue weighted by Crippen LogP contribution is 2.26. The molecular formula is C21H26N2O3S. The van der Waals surface area contributed by atoms with Crippen molar-refractivity contribution in [1.82, 2.24) is 4.31 Å². The first kappa shape index (κ1) is 19.6. The fourth-order valence-electron chi connectivity index (χ4n) is 3.57. The number of carbonyl (C=O) groups excluding carboxylic acids is 1. The number of sulfonamides is 1. The summed E-state index contributed by atoms with van der Waals surface area (Å²) < 4.78 is 27.4. The molecule has 0 aromatic heterocycles. The highest BCUT2D eigenvalue weighted by molar-refractivity contribution is 7.89. The number of carbonyl (C=O) groups is 1. The van der Waals surface area contributed by atoms with E-state index in [4.69, 9.17) is 0 Å². The summed E-state index contributed by atoms with van der Waals surface area (Å²) >= 11 is 0. The number of anilines is 1. The van der Waals surface area contributed by atoms with E-state index in [1.54, 1.807) is 16.4 Å². The van der Waals surface area contributed by atoms with Gasteiger partial charge in [0.1, 0.15) is 0 Å². The highest BCUT2D eigenvalue weighted by atomic mass is 32.2. The molecule has 1 N–H and O–H groups in total. The summed E-state index contributed by atoms with van der Waals surface area (Å²) in [6, 6.07) is 13.7. The van der Waals surface area contributed by atoms with Crippen LogP contribution in [0.1, 0.15) is 36.2 Å². The van der Waals surface area contributed by atoms with Crippen LogP contribution < -0.4 is 5.32 Å². The van der Waals surface area contributed by atoms with Crippen molar-refractivity contribution in [3.8, 4) is 0 Å². The number of hydrogen-bond acceptors (Lipinski definition) is 3. The molecule has 1 fully saturated rings. The number of aryl methyl sites for hydroxylation is 1. The maximum Gasteiger partial charge on any atom is 0.255 e. The number of piperidine rings is 1. The van der Waals surface area contributed by atoms with Gasteiger partial charge in [0.25, 0.3) is 5.91 Å². The van der Waals surface area contributed by atoms with Crippen molar-refractivity contribution in [3.05, 3.63) is 59.7 Å². The number of hydrogen-bond donors (Lipinski definition) is 1. The van der Waals surface area contributed by atoms with E-state index in [9.17, 15) is 13.2 Å². The molecule has 1 heterocycles. The first-order valence-corrected chi connectivity index (χ1v) is 10.7. The summed E-state index contributed by atoms with van der Waals surface area (Å²) in [5.74, 6) is 0.439. The van der Waals surface area contributed by atoms with Crippen LogP contribution in [0.15, 0.2) is 53.4 Å². The van der Waals surface area contributed by atoms with E-state index in [0.717, 1.165) is 12.0 Å². The number of nitrogens with one attached hydrogen (secondary N) is 1. The van der Waals surface area contributed by atoms with E-state index in [2.05, 4.69) is 19.2 Å². The summed E-state index contributed by atoms with van der Waals surface area (Å²) in [5.41, 5.74) is 2.25. The monoisotopic (exact) mass is 386 g/mol. The minimum atomic E-state index is -3.53. The van der Waals surface area contributed by atoms with Gasteiger partial charge in [0, 0.05) is 24.3 Å². The molecule has 3 rings (SSSR count). The van der Waals surface area contributed by atoms with Crippen molar-refractivity contribution in [2.75, 3.05) is 18.4 Å². The summed E-state index contributed by atoms with van der Waals surface area (Å²) in [6.45, 7) is 7.23. The Kier molecular flexibility index (Phi) is 5.67. The summed E-state index contributed by atoms with van der Waals surface area (Å²) in [7, 11) is -3.53. The summed E-state index contributed by atoms with van der Waals surface area (Å²) in [6.07, 6.45) is 1.05. The van der Waals surface area contributed by atoms with Crippen molar-refractivity contribution in [3.63, 3.8) is 0 Å². The minimum Gasteiger partial charge on any atom is -0.322 e. The van der Waals surface area contributed by atoms with Crippen LogP contribution in [0.25, 0.3) is 0 Å². The second-order valence-electron chi connectivity index (χ2n) is 7.61. The van der Waals surface area contributed by atoms with Gasteiger partial charge in [-0.3, -0.25) is 4.79 Å². The Morgan fingerprint density at radius 3 is 2.07 bits per heavy atom. The Labute approximate surface area is 161 Å². The van der Waals surface area contributed by atoms with E-state index >= 15 is 0 Å². The molecular weight excluding hydrogens is 360 g/mol. The smallest absolute Gasteiger partial charge is 0.255 e. The Balaban J connectivity index is 1.74. The molecule has 0 unspecified atom stereocenters. The number of benzene rings is 2. The largest absolute Gasteiger partial charge is 0.322 e. The minimum absolute atomic E-state index is 0.232. The Morgan fingerprint density at radius 1 is 0.963 bits per heavy atom. The van der Waals surface area contributed by atoms with Crippen LogP contribution in [0.3, 0.4) is 0 Å². The zero-order valence-corrected chi connectivity index (χ0v) is 16.8. The highest BCUT2D eigenvalue weighted by Gasteiger charge is 2.31. The second-order valence-corrected chi connectivity index (χ2v) is 9.55. The van der Waals surface area contributed by atoms with Crippen LogP contribution in [-0.4, -0.2) is 31.7 Å². The quantitative estimate of drug-likeness (QED) is 0.866. The molecule has 0 radical (unpaired) electrons. The molecule has 5 nitrogen and oxygen atoms in total. The zero-order chi connectivity index (χ0) is 19.6. The third kappa shape index (κ3) is 4.57. The zero-order valence-electron chi connectivity index (χ0n) is 16.0. The van der Waals surface area contributed by atoms with Gasteiger partial charge in [0.15, 0.2) is 0 Å². The van der Waals surface area contributed by atoms with Crippen LogP contribution in [0, 0.1) is 18.8 Å². The molecule has 2 aromatic rings. The van der Waals surface area contributed by atoms with Crippen molar-refractivity contribution >= 4 is 21.6 Å². The summed E-state index contributed by atoms with van der Waals surface area (Å²) in [4.78, 5) is 12.6. The van der Waals surface area contributed by atoms with E-state index in [1.807, 2.05) is 31.2 Å². The fraction of sp³-hybridized carbons (Fsp3) is 0.381. The molecule has 2 atom stereocenters. The number of rotatable bonds is 4. The molecule has 0 saturated carbocycles. The molecule has 1 aliphatic rings. The molecule has 1 amide bonds. The van der Waals surface area contributed by atoms with E-state index in [0.29, 0.717) is 36.2 Å². The SMILES string of the molecule is Cc1ccc(NC(=O)c2ccc(S(=O)(=O)N3C[C@@H](C)C[C@H](C)C3)cc2)cc1. The van der Waals surface area contributed by atoms with Gasteiger partial charge in [0.2, 0.25) is 10.0 Å². The third-order valence-electron chi connectivity index (χ3n) is 4.90. The van der Waals surface area contributed by atoms with Gasteiger partial charge in [0.05, 0.1) is 4.90 Å². The predicted molar refractivity (Wildman–Crippen MR) is 107 cm³/mol. The first-order chi connectivity index (χ1) is 12.8. The lowest BCUT2D eigenvalue weighted by atomic mass is 9.94. The van der Waals surface area contributed by atoms with Gasteiger partial charge in [-0.15, -0.1) is 0 Å². The van der Waals surface area contributed by atoms with Gasteiger partial charge in [-0.2, -0.15) is 4.31 Å². The molecule has 0 spiro atoms. The van der Waals surface area contributed by atoms with E-state index < -0.39 is 10.0 Å². The fourth-order valence-corrected chi connectivity index (χ4v) is 5.25. The molecule has 0 aliphatic carbocycles. The first-order valence-electron chi connectivity index (χ1n) is 9.24.